The van der Waals surface area contributed by atoms with E-state index in [-0.39, 0.29) is 17.1 Å². The highest BCUT2D eigenvalue weighted by Crippen LogP contribution is 2.14. The molecule has 0 radical (unpaired) electrons. The van der Waals surface area contributed by atoms with Crippen molar-refractivity contribution in [3.63, 3.8) is 0 Å². The van der Waals surface area contributed by atoms with Crippen LogP contribution in [0.5, 0.6) is 0 Å². The molecule has 1 N–H and O–H groups in total. The number of aryl methyl sites for hydroxylation is 1. The minimum atomic E-state index is -1.05. The fourth-order valence-electron chi connectivity index (χ4n) is 1.88. The summed E-state index contributed by atoms with van der Waals surface area (Å²) in [6.45, 7) is 7.94. The SMILES string of the molecule is CCN(Cc1ccccc1C)C(=O)C(C)=C(C)C(=O)O. The molecule has 0 heterocycles. The van der Waals surface area contributed by atoms with E-state index in [1.54, 1.807) is 11.8 Å². The first-order valence-corrected chi connectivity index (χ1v) is 6.63. The maximum atomic E-state index is 12.3. The van der Waals surface area contributed by atoms with Crippen molar-refractivity contribution in [2.75, 3.05) is 6.54 Å². The molecule has 0 aromatic heterocycles. The van der Waals surface area contributed by atoms with E-state index in [2.05, 4.69) is 0 Å². The van der Waals surface area contributed by atoms with E-state index >= 15 is 0 Å². The third-order valence-corrected chi connectivity index (χ3v) is 3.50. The summed E-state index contributed by atoms with van der Waals surface area (Å²) in [6.07, 6.45) is 0. The van der Waals surface area contributed by atoms with Crippen LogP contribution in [0.25, 0.3) is 0 Å². The Morgan fingerprint density at radius 1 is 1.15 bits per heavy atom. The van der Waals surface area contributed by atoms with Gasteiger partial charge in [0.05, 0.1) is 0 Å². The zero-order valence-corrected chi connectivity index (χ0v) is 12.4. The lowest BCUT2D eigenvalue weighted by Gasteiger charge is -2.22. The van der Waals surface area contributed by atoms with Gasteiger partial charge in [-0.3, -0.25) is 4.79 Å². The number of rotatable bonds is 5. The van der Waals surface area contributed by atoms with Crippen molar-refractivity contribution in [2.45, 2.75) is 34.2 Å². The van der Waals surface area contributed by atoms with Crippen LogP contribution in [-0.2, 0) is 16.1 Å². The standard InChI is InChI=1S/C16H21NO3/c1-5-17(10-14-9-7-6-8-11(14)2)15(18)12(3)13(4)16(19)20/h6-9H,5,10H2,1-4H3,(H,19,20). The van der Waals surface area contributed by atoms with Crippen LogP contribution in [0.15, 0.2) is 35.4 Å². The van der Waals surface area contributed by atoms with Gasteiger partial charge in [-0.2, -0.15) is 0 Å². The maximum absolute atomic E-state index is 12.3. The van der Waals surface area contributed by atoms with E-state index < -0.39 is 5.97 Å². The molecule has 0 unspecified atom stereocenters. The van der Waals surface area contributed by atoms with Crippen LogP contribution < -0.4 is 0 Å². The monoisotopic (exact) mass is 275 g/mol. The normalized spacial score (nSPS) is 11.8. The molecule has 1 aromatic carbocycles. The molecule has 0 fully saturated rings. The molecule has 1 amide bonds. The predicted octanol–water partition coefficient (Wildman–Crippen LogP) is 2.76. The number of benzene rings is 1. The molecule has 0 aliphatic heterocycles. The Hall–Kier alpha value is -2.10. The van der Waals surface area contributed by atoms with Gasteiger partial charge in [0, 0.05) is 24.2 Å². The Morgan fingerprint density at radius 2 is 1.75 bits per heavy atom. The van der Waals surface area contributed by atoms with Gasteiger partial charge in [0.2, 0.25) is 5.91 Å². The van der Waals surface area contributed by atoms with Gasteiger partial charge in [-0.1, -0.05) is 24.3 Å². The third kappa shape index (κ3) is 3.70. The molecule has 0 aliphatic carbocycles. The van der Waals surface area contributed by atoms with Crippen molar-refractivity contribution in [2.24, 2.45) is 0 Å². The van der Waals surface area contributed by atoms with Crippen LogP contribution in [0.4, 0.5) is 0 Å². The Morgan fingerprint density at radius 3 is 2.25 bits per heavy atom. The first-order valence-electron chi connectivity index (χ1n) is 6.63. The molecule has 20 heavy (non-hydrogen) atoms. The van der Waals surface area contributed by atoms with Crippen LogP contribution in [0.1, 0.15) is 31.9 Å². The number of likely N-dealkylation sites (N-methyl/N-ethyl adjacent to an activating group) is 1. The van der Waals surface area contributed by atoms with Crippen LogP contribution in [0.3, 0.4) is 0 Å². The number of hydrogen-bond donors (Lipinski definition) is 1. The first-order chi connectivity index (χ1) is 9.38. The summed E-state index contributed by atoms with van der Waals surface area (Å²) in [6, 6.07) is 7.87. The number of nitrogens with zero attached hydrogens (tertiary/aromatic N) is 1. The van der Waals surface area contributed by atoms with E-state index in [0.717, 1.165) is 11.1 Å². The van der Waals surface area contributed by atoms with Crippen LogP contribution >= 0.6 is 0 Å². The van der Waals surface area contributed by atoms with Gasteiger partial charge >= 0.3 is 5.97 Å². The smallest absolute Gasteiger partial charge is 0.331 e. The second kappa shape index (κ2) is 6.89. The van der Waals surface area contributed by atoms with E-state index in [4.69, 9.17) is 5.11 Å². The highest BCUT2D eigenvalue weighted by molar-refractivity contribution is 6.01. The van der Waals surface area contributed by atoms with E-state index in [0.29, 0.717) is 13.1 Å². The maximum Gasteiger partial charge on any atom is 0.331 e. The summed E-state index contributed by atoms with van der Waals surface area (Å²) in [5.41, 5.74) is 2.57. The topological polar surface area (TPSA) is 57.6 Å². The number of amides is 1. The molecule has 0 aliphatic rings. The van der Waals surface area contributed by atoms with E-state index in [1.807, 2.05) is 38.1 Å². The summed E-state index contributed by atoms with van der Waals surface area (Å²) < 4.78 is 0. The molecule has 0 atom stereocenters. The van der Waals surface area contributed by atoms with Crippen molar-refractivity contribution < 1.29 is 14.7 Å². The lowest BCUT2D eigenvalue weighted by Crippen LogP contribution is -2.32. The van der Waals surface area contributed by atoms with Gasteiger partial charge in [-0.15, -0.1) is 0 Å². The molecule has 0 spiro atoms. The van der Waals surface area contributed by atoms with E-state index in [1.165, 1.54) is 6.92 Å². The number of carboxylic acid groups (broad SMARTS) is 1. The molecule has 0 bridgehead atoms. The second-order valence-electron chi connectivity index (χ2n) is 4.80. The van der Waals surface area contributed by atoms with Crippen LogP contribution in [0, 0.1) is 6.92 Å². The number of carboxylic acids is 1. The minimum Gasteiger partial charge on any atom is -0.478 e. The highest BCUT2D eigenvalue weighted by Gasteiger charge is 2.18. The molecule has 4 nitrogen and oxygen atoms in total. The van der Waals surface area contributed by atoms with Crippen LogP contribution in [0.2, 0.25) is 0 Å². The number of carbonyl (C=O) groups is 2. The average Bonchev–Trinajstić information content (AvgIpc) is 2.44. The number of aliphatic carboxylic acids is 1. The van der Waals surface area contributed by atoms with Gasteiger partial charge in [0.15, 0.2) is 0 Å². The number of carbonyl (C=O) groups excluding carboxylic acids is 1. The molecular formula is C16H21NO3. The zero-order valence-electron chi connectivity index (χ0n) is 12.4. The molecule has 0 saturated carbocycles. The molecule has 4 heteroatoms. The van der Waals surface area contributed by atoms with Gasteiger partial charge in [0.25, 0.3) is 0 Å². The Kier molecular flexibility index (Phi) is 5.50. The lowest BCUT2D eigenvalue weighted by molar-refractivity contribution is -0.134. The average molecular weight is 275 g/mol. The minimum absolute atomic E-state index is 0.0956. The fourth-order valence-corrected chi connectivity index (χ4v) is 1.88. The Labute approximate surface area is 119 Å². The first kappa shape index (κ1) is 16.0. The van der Waals surface area contributed by atoms with Crippen LogP contribution in [-0.4, -0.2) is 28.4 Å². The summed E-state index contributed by atoms with van der Waals surface area (Å²) in [7, 11) is 0. The fraction of sp³-hybridized carbons (Fsp3) is 0.375. The molecule has 1 rings (SSSR count). The molecular weight excluding hydrogens is 254 g/mol. The van der Waals surface area contributed by atoms with Gasteiger partial charge in [-0.25, -0.2) is 4.79 Å². The third-order valence-electron chi connectivity index (χ3n) is 3.50. The quantitative estimate of drug-likeness (QED) is 0.841. The summed E-state index contributed by atoms with van der Waals surface area (Å²) in [4.78, 5) is 24.9. The molecule has 0 saturated heterocycles. The molecule has 1 aromatic rings. The molecule has 108 valence electrons. The van der Waals surface area contributed by atoms with Crippen molar-refractivity contribution in [3.05, 3.63) is 46.5 Å². The van der Waals surface area contributed by atoms with E-state index in [9.17, 15) is 9.59 Å². The van der Waals surface area contributed by atoms with Gasteiger partial charge in [0.1, 0.15) is 0 Å². The summed E-state index contributed by atoms with van der Waals surface area (Å²) in [5, 5.41) is 8.96. The largest absolute Gasteiger partial charge is 0.478 e. The Bertz CT molecular complexity index is 546. The number of hydrogen-bond acceptors (Lipinski definition) is 2. The highest BCUT2D eigenvalue weighted by atomic mass is 16.4. The predicted molar refractivity (Wildman–Crippen MR) is 78.3 cm³/mol. The van der Waals surface area contributed by atoms with Gasteiger partial charge < -0.3 is 10.0 Å². The van der Waals surface area contributed by atoms with Crippen molar-refractivity contribution >= 4 is 11.9 Å². The second-order valence-corrected chi connectivity index (χ2v) is 4.80. The summed E-state index contributed by atoms with van der Waals surface area (Å²) >= 11 is 0. The Balaban J connectivity index is 2.98. The lowest BCUT2D eigenvalue weighted by atomic mass is 10.1. The van der Waals surface area contributed by atoms with Crippen molar-refractivity contribution in [1.29, 1.82) is 0 Å². The van der Waals surface area contributed by atoms with Crippen molar-refractivity contribution in [3.8, 4) is 0 Å². The zero-order chi connectivity index (χ0) is 15.3. The van der Waals surface area contributed by atoms with Gasteiger partial charge in [-0.05, 0) is 38.8 Å². The van der Waals surface area contributed by atoms with Crippen molar-refractivity contribution in [1.82, 2.24) is 4.90 Å². The summed E-state index contributed by atoms with van der Waals surface area (Å²) in [5.74, 6) is -1.28.